The lowest BCUT2D eigenvalue weighted by Crippen LogP contribution is -2.36. The number of rotatable bonds is 7. The Hall–Kier alpha value is -1.00. The number of aryl methyl sites for hydroxylation is 1. The molecular weight excluding hydrogens is 234 g/mol. The molecule has 2 N–H and O–H groups in total. The highest BCUT2D eigenvalue weighted by atomic mass is 32.2. The van der Waals surface area contributed by atoms with Crippen molar-refractivity contribution < 1.29 is 9.90 Å². The molecule has 0 amide bonds. The minimum Gasteiger partial charge on any atom is -0.480 e. The molecule has 1 unspecified atom stereocenters. The van der Waals surface area contributed by atoms with E-state index < -0.39 is 12.0 Å². The van der Waals surface area contributed by atoms with Crippen LogP contribution in [0.3, 0.4) is 0 Å². The number of carboxylic acids is 1. The van der Waals surface area contributed by atoms with Gasteiger partial charge in [0.15, 0.2) is 0 Å². The van der Waals surface area contributed by atoms with Crippen molar-refractivity contribution in [1.82, 2.24) is 5.32 Å². The maximum absolute atomic E-state index is 11.0. The molecule has 0 fully saturated rings. The maximum Gasteiger partial charge on any atom is 0.320 e. The highest BCUT2D eigenvalue weighted by molar-refractivity contribution is 7.98. The Bertz CT molecular complexity index is 368. The number of nitrogens with one attached hydrogen (secondary N) is 1. The Morgan fingerprint density at radius 1 is 1.53 bits per heavy atom. The third-order valence-electron chi connectivity index (χ3n) is 2.54. The molecule has 0 bridgehead atoms. The second-order valence-electron chi connectivity index (χ2n) is 4.04. The van der Waals surface area contributed by atoms with Crippen molar-refractivity contribution in [1.29, 1.82) is 0 Å². The van der Waals surface area contributed by atoms with Crippen molar-refractivity contribution in [2.75, 3.05) is 12.0 Å². The summed E-state index contributed by atoms with van der Waals surface area (Å²) in [7, 11) is 0. The number of hydrogen-bond donors (Lipinski definition) is 2. The minimum atomic E-state index is -0.772. The highest BCUT2D eigenvalue weighted by Crippen LogP contribution is 2.06. The Morgan fingerprint density at radius 2 is 2.29 bits per heavy atom. The van der Waals surface area contributed by atoms with E-state index in [1.807, 2.05) is 31.4 Å². The molecule has 94 valence electrons. The molecule has 0 saturated heterocycles. The van der Waals surface area contributed by atoms with Crippen LogP contribution in [-0.2, 0) is 11.3 Å². The van der Waals surface area contributed by atoms with Gasteiger partial charge in [-0.25, -0.2) is 0 Å². The van der Waals surface area contributed by atoms with Crippen molar-refractivity contribution in [3.63, 3.8) is 0 Å². The largest absolute Gasteiger partial charge is 0.480 e. The molecule has 0 saturated carbocycles. The van der Waals surface area contributed by atoms with Gasteiger partial charge in [-0.3, -0.25) is 4.79 Å². The number of carboxylic acid groups (broad SMARTS) is 1. The summed E-state index contributed by atoms with van der Waals surface area (Å²) in [5, 5.41) is 12.1. The van der Waals surface area contributed by atoms with Crippen LogP contribution >= 0.6 is 11.8 Å². The summed E-state index contributed by atoms with van der Waals surface area (Å²) in [6, 6.07) is 7.65. The topological polar surface area (TPSA) is 49.3 Å². The summed E-state index contributed by atoms with van der Waals surface area (Å²) >= 11 is 1.67. The van der Waals surface area contributed by atoms with Gasteiger partial charge in [-0.1, -0.05) is 29.8 Å². The molecule has 0 spiro atoms. The van der Waals surface area contributed by atoms with Gasteiger partial charge in [0.2, 0.25) is 0 Å². The zero-order valence-electron chi connectivity index (χ0n) is 10.3. The van der Waals surface area contributed by atoms with Gasteiger partial charge in [0.05, 0.1) is 0 Å². The second-order valence-corrected chi connectivity index (χ2v) is 5.03. The van der Waals surface area contributed by atoms with Crippen LogP contribution in [0.2, 0.25) is 0 Å². The molecule has 1 rings (SSSR count). The SMILES string of the molecule is CSCCC(NCc1cccc(C)c1)C(=O)O. The maximum atomic E-state index is 11.0. The molecule has 17 heavy (non-hydrogen) atoms. The van der Waals surface area contributed by atoms with Crippen LogP contribution in [-0.4, -0.2) is 29.1 Å². The average molecular weight is 253 g/mol. The summed E-state index contributed by atoms with van der Waals surface area (Å²) in [6.07, 6.45) is 2.64. The zero-order chi connectivity index (χ0) is 12.7. The van der Waals surface area contributed by atoms with Gasteiger partial charge < -0.3 is 10.4 Å². The van der Waals surface area contributed by atoms with Crippen molar-refractivity contribution >= 4 is 17.7 Å². The summed E-state index contributed by atoms with van der Waals surface area (Å²) < 4.78 is 0. The highest BCUT2D eigenvalue weighted by Gasteiger charge is 2.15. The molecule has 1 aromatic rings. The van der Waals surface area contributed by atoms with Gasteiger partial charge in [0, 0.05) is 6.54 Å². The molecule has 0 aliphatic rings. The van der Waals surface area contributed by atoms with Crippen molar-refractivity contribution in [2.45, 2.75) is 25.9 Å². The fourth-order valence-electron chi connectivity index (χ4n) is 1.61. The Kier molecular flexibility index (Phi) is 6.08. The fraction of sp³-hybridized carbons (Fsp3) is 0.462. The third kappa shape index (κ3) is 5.24. The molecule has 0 aliphatic heterocycles. The van der Waals surface area contributed by atoms with Gasteiger partial charge >= 0.3 is 5.97 Å². The van der Waals surface area contributed by atoms with Crippen LogP contribution in [0, 0.1) is 6.92 Å². The molecule has 0 radical (unpaired) electrons. The lowest BCUT2D eigenvalue weighted by molar-refractivity contribution is -0.139. The molecule has 3 nitrogen and oxygen atoms in total. The first kappa shape index (κ1) is 14.1. The smallest absolute Gasteiger partial charge is 0.320 e. The number of thioether (sulfide) groups is 1. The van der Waals surface area contributed by atoms with Crippen LogP contribution in [0.5, 0.6) is 0 Å². The first-order chi connectivity index (χ1) is 8.13. The van der Waals surface area contributed by atoms with E-state index >= 15 is 0 Å². The number of aliphatic carboxylic acids is 1. The summed E-state index contributed by atoms with van der Waals surface area (Å²) in [5.41, 5.74) is 2.32. The minimum absolute atomic E-state index is 0.456. The summed E-state index contributed by atoms with van der Waals surface area (Å²) in [6.45, 7) is 2.64. The van der Waals surface area contributed by atoms with E-state index in [0.717, 1.165) is 11.3 Å². The lowest BCUT2D eigenvalue weighted by Gasteiger charge is -2.14. The van der Waals surface area contributed by atoms with Gasteiger partial charge in [-0.05, 0) is 30.9 Å². The molecular formula is C13H19NO2S. The van der Waals surface area contributed by atoms with Gasteiger partial charge in [-0.15, -0.1) is 0 Å². The van der Waals surface area contributed by atoms with Crippen molar-refractivity contribution in [2.24, 2.45) is 0 Å². The van der Waals surface area contributed by atoms with E-state index in [0.29, 0.717) is 13.0 Å². The van der Waals surface area contributed by atoms with Gasteiger partial charge in [-0.2, -0.15) is 11.8 Å². The molecule has 1 aromatic carbocycles. The van der Waals surface area contributed by atoms with E-state index in [2.05, 4.69) is 11.4 Å². The van der Waals surface area contributed by atoms with Gasteiger partial charge in [0.1, 0.15) is 6.04 Å². The Labute approximate surface area is 107 Å². The lowest BCUT2D eigenvalue weighted by atomic mass is 10.1. The summed E-state index contributed by atoms with van der Waals surface area (Å²) in [5.74, 6) is 0.0873. The van der Waals surface area contributed by atoms with E-state index in [4.69, 9.17) is 5.11 Å². The van der Waals surface area contributed by atoms with E-state index in [-0.39, 0.29) is 0 Å². The van der Waals surface area contributed by atoms with E-state index in [1.165, 1.54) is 5.56 Å². The second kappa shape index (κ2) is 7.35. The third-order valence-corrected chi connectivity index (χ3v) is 3.19. The van der Waals surface area contributed by atoms with Gasteiger partial charge in [0.25, 0.3) is 0 Å². The molecule has 0 aliphatic carbocycles. The molecule has 4 heteroatoms. The molecule has 1 atom stereocenters. The quantitative estimate of drug-likeness (QED) is 0.783. The average Bonchev–Trinajstić information content (AvgIpc) is 2.28. The van der Waals surface area contributed by atoms with Crippen LogP contribution < -0.4 is 5.32 Å². The molecule has 0 heterocycles. The Balaban J connectivity index is 2.48. The molecule has 0 aromatic heterocycles. The first-order valence-electron chi connectivity index (χ1n) is 5.64. The van der Waals surface area contributed by atoms with Crippen LogP contribution in [0.25, 0.3) is 0 Å². The standard InChI is InChI=1S/C13H19NO2S/c1-10-4-3-5-11(8-10)9-14-12(13(15)16)6-7-17-2/h3-5,8,12,14H,6-7,9H2,1-2H3,(H,15,16). The normalized spacial score (nSPS) is 12.4. The predicted octanol–water partition coefficient (Wildman–Crippen LogP) is 2.29. The van der Waals surface area contributed by atoms with Crippen LogP contribution in [0.4, 0.5) is 0 Å². The Morgan fingerprint density at radius 3 is 2.88 bits per heavy atom. The van der Waals surface area contributed by atoms with E-state index in [1.54, 1.807) is 11.8 Å². The summed E-state index contributed by atoms with van der Waals surface area (Å²) in [4.78, 5) is 11.0. The number of carbonyl (C=O) groups is 1. The van der Waals surface area contributed by atoms with Crippen LogP contribution in [0.15, 0.2) is 24.3 Å². The monoisotopic (exact) mass is 253 g/mol. The number of benzene rings is 1. The fourth-order valence-corrected chi connectivity index (χ4v) is 2.08. The van der Waals surface area contributed by atoms with Crippen molar-refractivity contribution in [3.8, 4) is 0 Å². The van der Waals surface area contributed by atoms with Crippen LogP contribution in [0.1, 0.15) is 17.5 Å². The number of hydrogen-bond acceptors (Lipinski definition) is 3. The first-order valence-corrected chi connectivity index (χ1v) is 7.03. The predicted molar refractivity (Wildman–Crippen MR) is 72.4 cm³/mol. The van der Waals surface area contributed by atoms with E-state index in [9.17, 15) is 4.79 Å². The zero-order valence-corrected chi connectivity index (χ0v) is 11.1. The van der Waals surface area contributed by atoms with Crippen molar-refractivity contribution in [3.05, 3.63) is 35.4 Å².